The van der Waals surface area contributed by atoms with E-state index < -0.39 is 0 Å². The lowest BCUT2D eigenvalue weighted by Crippen LogP contribution is -2.05. The van der Waals surface area contributed by atoms with Crippen LogP contribution in [-0.4, -0.2) is 0 Å². The van der Waals surface area contributed by atoms with Gasteiger partial charge in [-0.15, -0.1) is 0 Å². The van der Waals surface area contributed by atoms with E-state index in [2.05, 4.69) is 45.0 Å². The maximum Gasteiger partial charge on any atom is 0.122 e. The van der Waals surface area contributed by atoms with Gasteiger partial charge in [0.1, 0.15) is 12.4 Å². The van der Waals surface area contributed by atoms with Crippen LogP contribution >= 0.6 is 0 Å². The second-order valence-corrected chi connectivity index (χ2v) is 5.52. The van der Waals surface area contributed by atoms with E-state index in [0.717, 1.165) is 16.9 Å². The number of benzene rings is 2. The van der Waals surface area contributed by atoms with E-state index in [0.29, 0.717) is 6.61 Å². The third kappa shape index (κ3) is 3.40. The molecule has 0 bridgehead atoms. The number of nitrogens with two attached hydrogens (primary N) is 1. The third-order valence-electron chi connectivity index (χ3n) is 3.69. The van der Waals surface area contributed by atoms with Gasteiger partial charge in [0.15, 0.2) is 0 Å². The molecular weight excluding hydrogens is 246 g/mol. The molecule has 1 atom stereocenters. The van der Waals surface area contributed by atoms with E-state index in [1.54, 1.807) is 0 Å². The molecule has 0 saturated heterocycles. The van der Waals surface area contributed by atoms with Crippen LogP contribution in [0.15, 0.2) is 36.4 Å². The van der Waals surface area contributed by atoms with Crippen molar-refractivity contribution in [3.63, 3.8) is 0 Å². The predicted octanol–water partition coefficient (Wildman–Crippen LogP) is 4.21. The lowest BCUT2D eigenvalue weighted by molar-refractivity contribution is 0.304. The van der Waals surface area contributed by atoms with Gasteiger partial charge < -0.3 is 10.5 Å². The van der Waals surface area contributed by atoms with E-state index in [4.69, 9.17) is 10.5 Å². The SMILES string of the molecule is Cc1ccc(COc2ccc([C@H](C)N)cc2C)cc1C. The zero-order chi connectivity index (χ0) is 14.7. The highest BCUT2D eigenvalue weighted by Gasteiger charge is 2.05. The fourth-order valence-electron chi connectivity index (χ4n) is 2.17. The average molecular weight is 269 g/mol. The summed E-state index contributed by atoms with van der Waals surface area (Å²) < 4.78 is 5.91. The first-order valence-corrected chi connectivity index (χ1v) is 7.02. The number of aryl methyl sites for hydroxylation is 3. The Hall–Kier alpha value is -1.80. The first-order chi connectivity index (χ1) is 9.47. The summed E-state index contributed by atoms with van der Waals surface area (Å²) >= 11 is 0. The van der Waals surface area contributed by atoms with Crippen molar-refractivity contribution in [2.45, 2.75) is 40.3 Å². The van der Waals surface area contributed by atoms with E-state index in [9.17, 15) is 0 Å². The maximum absolute atomic E-state index is 5.91. The molecule has 106 valence electrons. The van der Waals surface area contributed by atoms with E-state index in [1.165, 1.54) is 16.7 Å². The fourth-order valence-corrected chi connectivity index (χ4v) is 2.17. The van der Waals surface area contributed by atoms with Gasteiger partial charge in [0.05, 0.1) is 0 Å². The summed E-state index contributed by atoms with van der Waals surface area (Å²) in [7, 11) is 0. The van der Waals surface area contributed by atoms with Gasteiger partial charge in [-0.3, -0.25) is 0 Å². The molecule has 0 aliphatic heterocycles. The number of hydrogen-bond acceptors (Lipinski definition) is 2. The van der Waals surface area contributed by atoms with Crippen LogP contribution in [0.1, 0.15) is 40.8 Å². The first-order valence-electron chi connectivity index (χ1n) is 7.02. The summed E-state index contributed by atoms with van der Waals surface area (Å²) in [6.45, 7) is 8.89. The summed E-state index contributed by atoms with van der Waals surface area (Å²) in [5.74, 6) is 0.924. The van der Waals surface area contributed by atoms with Crippen LogP contribution in [0, 0.1) is 20.8 Å². The second kappa shape index (κ2) is 6.10. The van der Waals surface area contributed by atoms with E-state index in [-0.39, 0.29) is 6.04 Å². The molecule has 0 spiro atoms. The van der Waals surface area contributed by atoms with Gasteiger partial charge in [-0.05, 0) is 61.6 Å². The molecule has 2 heteroatoms. The molecule has 0 aliphatic rings. The van der Waals surface area contributed by atoms with Gasteiger partial charge >= 0.3 is 0 Å². The van der Waals surface area contributed by atoms with Crippen molar-refractivity contribution in [3.8, 4) is 5.75 Å². The smallest absolute Gasteiger partial charge is 0.122 e. The Kier molecular flexibility index (Phi) is 4.46. The van der Waals surface area contributed by atoms with Gasteiger partial charge in [0.2, 0.25) is 0 Å². The van der Waals surface area contributed by atoms with Crippen molar-refractivity contribution in [1.29, 1.82) is 0 Å². The second-order valence-electron chi connectivity index (χ2n) is 5.52. The van der Waals surface area contributed by atoms with E-state index in [1.807, 2.05) is 19.1 Å². The van der Waals surface area contributed by atoms with Crippen LogP contribution in [0.4, 0.5) is 0 Å². The molecule has 0 fully saturated rings. The van der Waals surface area contributed by atoms with Crippen molar-refractivity contribution in [2.75, 3.05) is 0 Å². The Morgan fingerprint density at radius 2 is 1.70 bits per heavy atom. The quantitative estimate of drug-likeness (QED) is 0.902. The summed E-state index contributed by atoms with van der Waals surface area (Å²) in [6, 6.07) is 12.6. The Bertz CT molecular complexity index is 602. The largest absolute Gasteiger partial charge is 0.489 e. The first kappa shape index (κ1) is 14.6. The number of hydrogen-bond donors (Lipinski definition) is 1. The topological polar surface area (TPSA) is 35.2 Å². The van der Waals surface area contributed by atoms with Crippen molar-refractivity contribution in [2.24, 2.45) is 5.73 Å². The van der Waals surface area contributed by atoms with Gasteiger partial charge in [0, 0.05) is 6.04 Å². The molecule has 2 aromatic carbocycles. The Morgan fingerprint density at radius 1 is 0.950 bits per heavy atom. The van der Waals surface area contributed by atoms with Gasteiger partial charge in [-0.2, -0.15) is 0 Å². The van der Waals surface area contributed by atoms with Crippen molar-refractivity contribution in [1.82, 2.24) is 0 Å². The lowest BCUT2D eigenvalue weighted by atomic mass is 10.1. The standard InChI is InChI=1S/C18H23NO/c1-12-5-6-16(9-13(12)2)11-20-18-8-7-17(15(4)19)10-14(18)3/h5-10,15H,11,19H2,1-4H3/t15-/m0/s1. The Balaban J connectivity index is 2.09. The average Bonchev–Trinajstić information content (AvgIpc) is 2.41. The van der Waals surface area contributed by atoms with Crippen LogP contribution in [0.5, 0.6) is 5.75 Å². The fraction of sp³-hybridized carbons (Fsp3) is 0.333. The highest BCUT2D eigenvalue weighted by atomic mass is 16.5. The van der Waals surface area contributed by atoms with Crippen molar-refractivity contribution in [3.05, 3.63) is 64.2 Å². The molecule has 20 heavy (non-hydrogen) atoms. The van der Waals surface area contributed by atoms with Crippen molar-refractivity contribution < 1.29 is 4.74 Å². The molecule has 0 heterocycles. The summed E-state index contributed by atoms with van der Waals surface area (Å²) in [5, 5.41) is 0. The summed E-state index contributed by atoms with van der Waals surface area (Å²) in [5.41, 5.74) is 12.0. The molecule has 0 unspecified atom stereocenters. The van der Waals surface area contributed by atoms with Gasteiger partial charge in [-0.25, -0.2) is 0 Å². The Labute approximate surface area is 121 Å². The van der Waals surface area contributed by atoms with Gasteiger partial charge in [0.25, 0.3) is 0 Å². The molecule has 2 rings (SSSR count). The minimum absolute atomic E-state index is 0.0579. The molecular formula is C18H23NO. The predicted molar refractivity (Wildman–Crippen MR) is 84.0 cm³/mol. The minimum Gasteiger partial charge on any atom is -0.489 e. The van der Waals surface area contributed by atoms with Crippen LogP contribution in [0.3, 0.4) is 0 Å². The third-order valence-corrected chi connectivity index (χ3v) is 3.69. The Morgan fingerprint density at radius 3 is 2.30 bits per heavy atom. The molecule has 0 radical (unpaired) electrons. The van der Waals surface area contributed by atoms with Gasteiger partial charge in [-0.1, -0.05) is 30.3 Å². The summed E-state index contributed by atoms with van der Waals surface area (Å²) in [6.07, 6.45) is 0. The molecule has 2 nitrogen and oxygen atoms in total. The van der Waals surface area contributed by atoms with Crippen LogP contribution in [0.25, 0.3) is 0 Å². The molecule has 0 amide bonds. The minimum atomic E-state index is 0.0579. The molecule has 2 aromatic rings. The molecule has 2 N–H and O–H groups in total. The normalized spacial score (nSPS) is 12.2. The van der Waals surface area contributed by atoms with Crippen LogP contribution in [0.2, 0.25) is 0 Å². The lowest BCUT2D eigenvalue weighted by Gasteiger charge is -2.13. The highest BCUT2D eigenvalue weighted by molar-refractivity contribution is 5.37. The summed E-state index contributed by atoms with van der Waals surface area (Å²) in [4.78, 5) is 0. The zero-order valence-corrected chi connectivity index (χ0v) is 12.7. The molecule has 0 aliphatic carbocycles. The zero-order valence-electron chi connectivity index (χ0n) is 12.7. The molecule has 0 aromatic heterocycles. The van der Waals surface area contributed by atoms with Crippen LogP contribution in [-0.2, 0) is 6.61 Å². The monoisotopic (exact) mass is 269 g/mol. The molecule has 0 saturated carbocycles. The highest BCUT2D eigenvalue weighted by Crippen LogP contribution is 2.23. The number of ether oxygens (including phenoxy) is 1. The van der Waals surface area contributed by atoms with Crippen LogP contribution < -0.4 is 10.5 Å². The maximum atomic E-state index is 5.91. The van der Waals surface area contributed by atoms with E-state index >= 15 is 0 Å². The number of rotatable bonds is 4. The van der Waals surface area contributed by atoms with Crippen molar-refractivity contribution >= 4 is 0 Å².